The molecule has 24 heavy (non-hydrogen) atoms. The molecule has 3 rings (SSSR count). The smallest absolute Gasteiger partial charge is 0.304 e. The third-order valence-corrected chi connectivity index (χ3v) is 4.86. The Kier molecular flexibility index (Phi) is 4.35. The molecule has 5 nitrogen and oxygen atoms in total. The highest BCUT2D eigenvalue weighted by atomic mass is 16.2. The molecule has 1 aliphatic heterocycles. The topological polar surface area (TPSA) is 50.2 Å². The van der Waals surface area contributed by atoms with E-state index in [9.17, 15) is 4.79 Å². The number of aromatic nitrogens is 2. The molecule has 2 aromatic rings. The Morgan fingerprint density at radius 3 is 2.67 bits per heavy atom. The number of hydrogen-bond donors (Lipinski definition) is 1. The Morgan fingerprint density at radius 2 is 2.00 bits per heavy atom. The van der Waals surface area contributed by atoms with Crippen LogP contribution in [-0.2, 0) is 26.3 Å². The molecule has 1 aromatic heterocycles. The van der Waals surface area contributed by atoms with E-state index in [1.165, 1.54) is 16.7 Å². The van der Waals surface area contributed by atoms with Crippen molar-refractivity contribution in [2.75, 3.05) is 16.8 Å². The predicted molar refractivity (Wildman–Crippen MR) is 97.9 cm³/mol. The average molecular weight is 326 g/mol. The fourth-order valence-corrected chi connectivity index (χ4v) is 3.69. The van der Waals surface area contributed by atoms with Crippen LogP contribution >= 0.6 is 0 Å². The summed E-state index contributed by atoms with van der Waals surface area (Å²) in [7, 11) is 1.94. The molecule has 0 saturated heterocycles. The van der Waals surface area contributed by atoms with Crippen molar-refractivity contribution in [3.63, 3.8) is 0 Å². The Labute approximate surface area is 143 Å². The first kappa shape index (κ1) is 16.6. The van der Waals surface area contributed by atoms with Gasteiger partial charge in [-0.1, -0.05) is 19.9 Å². The van der Waals surface area contributed by atoms with E-state index in [1.54, 1.807) is 0 Å². The highest BCUT2D eigenvalue weighted by Crippen LogP contribution is 2.33. The van der Waals surface area contributed by atoms with Crippen molar-refractivity contribution < 1.29 is 4.79 Å². The van der Waals surface area contributed by atoms with Gasteiger partial charge in [0, 0.05) is 19.3 Å². The van der Waals surface area contributed by atoms with E-state index >= 15 is 0 Å². The maximum atomic E-state index is 12.9. The van der Waals surface area contributed by atoms with E-state index in [4.69, 9.17) is 0 Å². The zero-order chi connectivity index (χ0) is 17.4. The summed E-state index contributed by atoms with van der Waals surface area (Å²) >= 11 is 0. The van der Waals surface area contributed by atoms with Crippen molar-refractivity contribution in [1.29, 1.82) is 0 Å². The molecule has 0 atom stereocenters. The Hall–Kier alpha value is -2.30. The van der Waals surface area contributed by atoms with Gasteiger partial charge in [0.15, 0.2) is 0 Å². The summed E-state index contributed by atoms with van der Waals surface area (Å²) in [5.41, 5.74) is 7.69. The minimum atomic E-state index is -0.0591. The van der Waals surface area contributed by atoms with Crippen LogP contribution in [0.4, 0.5) is 16.2 Å². The van der Waals surface area contributed by atoms with Crippen LogP contribution in [0.15, 0.2) is 12.1 Å². The van der Waals surface area contributed by atoms with Crippen LogP contribution in [0, 0.1) is 13.8 Å². The van der Waals surface area contributed by atoms with Gasteiger partial charge in [-0.15, -0.1) is 0 Å². The van der Waals surface area contributed by atoms with Crippen molar-refractivity contribution in [3.8, 4) is 0 Å². The number of urea groups is 1. The second kappa shape index (κ2) is 6.30. The third kappa shape index (κ3) is 2.68. The number of anilines is 2. The molecule has 0 bridgehead atoms. The molecule has 0 saturated carbocycles. The molecule has 128 valence electrons. The number of hydrogen-bond acceptors (Lipinski definition) is 2. The lowest BCUT2D eigenvalue weighted by atomic mass is 10.0. The lowest BCUT2D eigenvalue weighted by molar-refractivity contribution is 0.257. The second-order valence-corrected chi connectivity index (χ2v) is 6.51. The zero-order valence-electron chi connectivity index (χ0n) is 15.2. The number of carbonyl (C=O) groups excluding carboxylic acids is 1. The third-order valence-electron chi connectivity index (χ3n) is 4.86. The van der Waals surface area contributed by atoms with Crippen LogP contribution < -0.4 is 10.2 Å². The molecule has 0 fully saturated rings. The van der Waals surface area contributed by atoms with Crippen molar-refractivity contribution in [1.82, 2.24) is 9.78 Å². The van der Waals surface area contributed by atoms with Crippen molar-refractivity contribution >= 4 is 17.4 Å². The van der Waals surface area contributed by atoms with E-state index in [-0.39, 0.29) is 6.03 Å². The highest BCUT2D eigenvalue weighted by Gasteiger charge is 2.27. The molecular formula is C19H26N4O. The molecule has 2 amide bonds. The average Bonchev–Trinajstić information content (AvgIpc) is 3.08. The minimum Gasteiger partial charge on any atom is -0.304 e. The summed E-state index contributed by atoms with van der Waals surface area (Å²) < 4.78 is 1.88. The Bertz CT molecular complexity index is 791. The van der Waals surface area contributed by atoms with Crippen LogP contribution in [0.25, 0.3) is 0 Å². The van der Waals surface area contributed by atoms with Gasteiger partial charge in [0.2, 0.25) is 0 Å². The lowest BCUT2D eigenvalue weighted by Gasteiger charge is -2.19. The highest BCUT2D eigenvalue weighted by molar-refractivity contribution is 6.04. The van der Waals surface area contributed by atoms with Crippen LogP contribution in [0.1, 0.15) is 41.9 Å². The van der Waals surface area contributed by atoms with Gasteiger partial charge in [0.25, 0.3) is 0 Å². The summed E-state index contributed by atoms with van der Waals surface area (Å²) in [6.07, 6.45) is 2.56. The van der Waals surface area contributed by atoms with Gasteiger partial charge in [-0.2, -0.15) is 5.10 Å². The number of aryl methyl sites for hydroxylation is 4. The normalized spacial score (nSPS) is 13.3. The van der Waals surface area contributed by atoms with Gasteiger partial charge in [0.05, 0.1) is 17.1 Å². The molecule has 0 unspecified atom stereocenters. The first-order valence-electron chi connectivity index (χ1n) is 8.69. The molecule has 1 aromatic carbocycles. The molecule has 0 radical (unpaired) electrons. The molecule has 2 heterocycles. The van der Waals surface area contributed by atoms with E-state index in [2.05, 4.69) is 50.2 Å². The zero-order valence-corrected chi connectivity index (χ0v) is 15.2. The van der Waals surface area contributed by atoms with E-state index < -0.39 is 0 Å². The number of nitrogens with zero attached hydrogens (tertiary/aromatic N) is 3. The van der Waals surface area contributed by atoms with Gasteiger partial charge in [-0.3, -0.25) is 9.58 Å². The monoisotopic (exact) mass is 326 g/mol. The van der Waals surface area contributed by atoms with Crippen LogP contribution in [0.2, 0.25) is 0 Å². The van der Waals surface area contributed by atoms with Gasteiger partial charge < -0.3 is 5.32 Å². The quantitative estimate of drug-likeness (QED) is 0.934. The summed E-state index contributed by atoms with van der Waals surface area (Å²) in [4.78, 5) is 14.8. The van der Waals surface area contributed by atoms with Gasteiger partial charge in [-0.25, -0.2) is 4.79 Å². The van der Waals surface area contributed by atoms with E-state index in [0.29, 0.717) is 0 Å². The number of carbonyl (C=O) groups is 1. The Morgan fingerprint density at radius 1 is 1.25 bits per heavy atom. The molecule has 1 aliphatic rings. The van der Waals surface area contributed by atoms with Crippen molar-refractivity contribution in [2.45, 2.75) is 47.0 Å². The molecular weight excluding hydrogens is 300 g/mol. The van der Waals surface area contributed by atoms with Gasteiger partial charge in [-0.05, 0) is 55.9 Å². The summed E-state index contributed by atoms with van der Waals surface area (Å²) in [5.74, 6) is 0. The maximum Gasteiger partial charge on any atom is 0.326 e. The minimum absolute atomic E-state index is 0.0591. The molecule has 5 heteroatoms. The van der Waals surface area contributed by atoms with E-state index in [1.807, 2.05) is 16.6 Å². The van der Waals surface area contributed by atoms with Crippen molar-refractivity contribution in [2.24, 2.45) is 7.05 Å². The maximum absolute atomic E-state index is 12.9. The summed E-state index contributed by atoms with van der Waals surface area (Å²) in [6, 6.07) is 4.24. The first-order chi connectivity index (χ1) is 11.5. The SMILES string of the molecule is CCc1nn(C)c(CC)c1NC(=O)N1CCc2c(C)cc(C)cc21. The number of amides is 2. The number of benzene rings is 1. The summed E-state index contributed by atoms with van der Waals surface area (Å²) in [6.45, 7) is 9.08. The first-order valence-corrected chi connectivity index (χ1v) is 8.69. The molecule has 0 spiro atoms. The van der Waals surface area contributed by atoms with Crippen LogP contribution in [-0.4, -0.2) is 22.4 Å². The number of nitrogens with one attached hydrogen (secondary N) is 1. The summed E-state index contributed by atoms with van der Waals surface area (Å²) in [5, 5.41) is 7.66. The van der Waals surface area contributed by atoms with Crippen LogP contribution in [0.5, 0.6) is 0 Å². The number of rotatable bonds is 3. The Balaban J connectivity index is 1.91. The number of fused-ring (bicyclic) bond motifs is 1. The fourth-order valence-electron chi connectivity index (χ4n) is 3.69. The standard InChI is InChI=1S/C19H26N4O/c1-6-15-18(16(7-2)22(5)21-15)20-19(24)23-9-8-14-13(4)10-12(3)11-17(14)23/h10-11H,6-9H2,1-5H3,(H,20,24). The van der Waals surface area contributed by atoms with Crippen LogP contribution in [0.3, 0.4) is 0 Å². The van der Waals surface area contributed by atoms with Gasteiger partial charge in [0.1, 0.15) is 0 Å². The van der Waals surface area contributed by atoms with E-state index in [0.717, 1.165) is 48.6 Å². The van der Waals surface area contributed by atoms with Gasteiger partial charge >= 0.3 is 6.03 Å². The second-order valence-electron chi connectivity index (χ2n) is 6.51. The predicted octanol–water partition coefficient (Wildman–Crippen LogP) is 3.76. The molecule has 1 N–H and O–H groups in total. The molecule has 0 aliphatic carbocycles. The van der Waals surface area contributed by atoms with Crippen molar-refractivity contribution in [3.05, 3.63) is 40.2 Å². The lowest BCUT2D eigenvalue weighted by Crippen LogP contribution is -2.33. The fraction of sp³-hybridized carbons (Fsp3) is 0.474. The largest absolute Gasteiger partial charge is 0.326 e.